The van der Waals surface area contributed by atoms with Gasteiger partial charge in [0.1, 0.15) is 16.7 Å². The maximum atomic E-state index is 13.7. The lowest BCUT2D eigenvalue weighted by Gasteiger charge is -2.17. The largest absolute Gasteiger partial charge is 0.418 e. The van der Waals surface area contributed by atoms with Crippen LogP contribution in [0.3, 0.4) is 0 Å². The quantitative estimate of drug-likeness (QED) is 0.450. The van der Waals surface area contributed by atoms with Crippen molar-refractivity contribution >= 4 is 23.6 Å². The lowest BCUT2D eigenvalue weighted by atomic mass is 10.00. The highest BCUT2D eigenvalue weighted by Gasteiger charge is 2.35. The molecule has 1 aliphatic rings. The van der Waals surface area contributed by atoms with E-state index >= 15 is 0 Å². The fraction of sp³-hybridized carbons (Fsp3) is 0.238. The number of alkyl halides is 3. The smallest absolute Gasteiger partial charge is 0.377 e. The molecule has 0 radical (unpaired) electrons. The van der Waals surface area contributed by atoms with Crippen molar-refractivity contribution in [2.24, 2.45) is 0 Å². The normalized spacial score (nSPS) is 14.9. The Kier molecular flexibility index (Phi) is 6.10. The van der Waals surface area contributed by atoms with Gasteiger partial charge in [0, 0.05) is 30.7 Å². The van der Waals surface area contributed by atoms with E-state index in [1.54, 1.807) is 24.3 Å². The third-order valence-electron chi connectivity index (χ3n) is 4.49. The number of pyridine rings is 2. The standard InChI is InChI=1S/C21H19F3N4OS/c22-21(23,24)16-9-10-18-27-20(16)15-6-2-1-5-14(15)13-29-12-4-11-25-17-7-3-8-19(26-17)30-28-18/h1-3,5-10H,4,11-13H2,(H,25,26)(H,27,28). The Balaban J connectivity index is 1.76. The Labute approximate surface area is 176 Å². The van der Waals surface area contributed by atoms with Crippen molar-refractivity contribution in [3.8, 4) is 11.3 Å². The molecule has 1 aromatic carbocycles. The Morgan fingerprint density at radius 1 is 0.933 bits per heavy atom. The summed E-state index contributed by atoms with van der Waals surface area (Å²) in [6.45, 7) is 1.35. The predicted molar refractivity (Wildman–Crippen MR) is 111 cm³/mol. The van der Waals surface area contributed by atoms with Crippen molar-refractivity contribution in [1.29, 1.82) is 0 Å². The molecule has 2 aromatic heterocycles. The van der Waals surface area contributed by atoms with Crippen molar-refractivity contribution < 1.29 is 17.9 Å². The number of nitrogens with zero attached hydrogens (tertiary/aromatic N) is 2. The summed E-state index contributed by atoms with van der Waals surface area (Å²) in [6, 6.07) is 14.8. The first kappa shape index (κ1) is 20.5. The maximum Gasteiger partial charge on any atom is 0.418 e. The van der Waals surface area contributed by atoms with Gasteiger partial charge in [0.2, 0.25) is 0 Å². The number of hydrogen-bond donors (Lipinski definition) is 2. The van der Waals surface area contributed by atoms with Gasteiger partial charge in [0.25, 0.3) is 0 Å². The molecule has 30 heavy (non-hydrogen) atoms. The van der Waals surface area contributed by atoms with Crippen LogP contribution in [0.5, 0.6) is 0 Å². The molecule has 4 rings (SSSR count). The van der Waals surface area contributed by atoms with Gasteiger partial charge >= 0.3 is 6.18 Å². The Morgan fingerprint density at radius 2 is 1.80 bits per heavy atom. The minimum Gasteiger partial charge on any atom is -0.377 e. The Bertz CT molecular complexity index is 1030. The highest BCUT2D eigenvalue weighted by atomic mass is 32.2. The van der Waals surface area contributed by atoms with Crippen LogP contribution >= 0.6 is 11.9 Å². The molecule has 0 unspecified atom stereocenters. The molecule has 1 aliphatic heterocycles. The molecular formula is C21H19F3N4OS. The highest BCUT2D eigenvalue weighted by molar-refractivity contribution is 8.00. The highest BCUT2D eigenvalue weighted by Crippen LogP contribution is 2.38. The summed E-state index contributed by atoms with van der Waals surface area (Å²) >= 11 is 1.19. The molecule has 0 saturated heterocycles. The molecule has 9 heteroatoms. The molecule has 2 N–H and O–H groups in total. The molecule has 0 amide bonds. The number of nitrogens with one attached hydrogen (secondary N) is 2. The van der Waals surface area contributed by atoms with Gasteiger partial charge in [-0.2, -0.15) is 13.2 Å². The molecular weight excluding hydrogens is 413 g/mol. The van der Waals surface area contributed by atoms with Gasteiger partial charge in [0.05, 0.1) is 17.9 Å². The fourth-order valence-electron chi connectivity index (χ4n) is 3.07. The second-order valence-electron chi connectivity index (χ2n) is 6.65. The monoisotopic (exact) mass is 432 g/mol. The second kappa shape index (κ2) is 8.93. The van der Waals surface area contributed by atoms with E-state index in [0.29, 0.717) is 35.1 Å². The number of rotatable bonds is 0. The van der Waals surface area contributed by atoms with Crippen LogP contribution in [0.4, 0.5) is 24.8 Å². The van der Waals surface area contributed by atoms with Gasteiger partial charge in [-0.25, -0.2) is 9.97 Å². The van der Waals surface area contributed by atoms with Crippen LogP contribution in [0.25, 0.3) is 11.3 Å². The van der Waals surface area contributed by atoms with Crippen LogP contribution in [0.1, 0.15) is 17.5 Å². The Hall–Kier alpha value is -2.78. The van der Waals surface area contributed by atoms with E-state index in [9.17, 15) is 13.2 Å². The number of ether oxygens (including phenoxy) is 1. The van der Waals surface area contributed by atoms with Gasteiger partial charge in [0.15, 0.2) is 0 Å². The molecule has 0 aliphatic carbocycles. The third kappa shape index (κ3) is 4.85. The van der Waals surface area contributed by atoms with Crippen LogP contribution in [0, 0.1) is 0 Å². The van der Waals surface area contributed by atoms with E-state index in [0.717, 1.165) is 18.3 Å². The average Bonchev–Trinajstić information content (AvgIpc) is 2.74. The zero-order valence-corrected chi connectivity index (χ0v) is 16.7. The van der Waals surface area contributed by atoms with Crippen molar-refractivity contribution in [3.63, 3.8) is 0 Å². The van der Waals surface area contributed by atoms with E-state index in [4.69, 9.17) is 4.74 Å². The van der Waals surface area contributed by atoms with Crippen LogP contribution in [-0.4, -0.2) is 23.1 Å². The summed E-state index contributed by atoms with van der Waals surface area (Å²) in [7, 11) is 0. The molecule has 0 spiro atoms. The SMILES string of the molecule is FC(F)(F)c1ccc2nc1-c1ccccc1COCCCNc1cccc(n1)SN2. The molecule has 156 valence electrons. The molecule has 5 nitrogen and oxygen atoms in total. The van der Waals surface area contributed by atoms with Crippen molar-refractivity contribution in [2.75, 3.05) is 23.2 Å². The van der Waals surface area contributed by atoms with E-state index in [2.05, 4.69) is 20.0 Å². The van der Waals surface area contributed by atoms with Gasteiger partial charge < -0.3 is 14.8 Å². The summed E-state index contributed by atoms with van der Waals surface area (Å²) < 4.78 is 49.8. The lowest BCUT2D eigenvalue weighted by Crippen LogP contribution is -2.11. The van der Waals surface area contributed by atoms with Gasteiger partial charge in [-0.05, 0) is 36.2 Å². The second-order valence-corrected chi connectivity index (χ2v) is 7.47. The van der Waals surface area contributed by atoms with Crippen molar-refractivity contribution in [2.45, 2.75) is 24.2 Å². The first-order chi connectivity index (χ1) is 14.5. The number of anilines is 2. The third-order valence-corrected chi connectivity index (χ3v) is 5.23. The Morgan fingerprint density at radius 3 is 2.67 bits per heavy atom. The molecule has 3 aromatic rings. The lowest BCUT2D eigenvalue weighted by molar-refractivity contribution is -0.137. The van der Waals surface area contributed by atoms with Gasteiger partial charge in [-0.15, -0.1) is 0 Å². The van der Waals surface area contributed by atoms with Crippen molar-refractivity contribution in [1.82, 2.24) is 9.97 Å². The maximum absolute atomic E-state index is 13.7. The number of fused-ring (bicyclic) bond motifs is 6. The predicted octanol–water partition coefficient (Wildman–Crippen LogP) is 5.61. The van der Waals surface area contributed by atoms with Crippen molar-refractivity contribution in [3.05, 3.63) is 65.7 Å². The summed E-state index contributed by atoms with van der Waals surface area (Å²) in [6.07, 6.45) is -3.79. The topological polar surface area (TPSA) is 59.1 Å². The first-order valence-corrected chi connectivity index (χ1v) is 10.2. The molecule has 0 saturated carbocycles. The summed E-state index contributed by atoms with van der Waals surface area (Å²) in [5.74, 6) is 1.03. The van der Waals surface area contributed by atoms with Crippen LogP contribution in [0.15, 0.2) is 59.6 Å². The summed E-state index contributed by atoms with van der Waals surface area (Å²) in [5, 5.41) is 3.92. The fourth-order valence-corrected chi connectivity index (χ4v) is 3.69. The molecule has 0 atom stereocenters. The molecule has 4 bridgehead atoms. The molecule has 3 heterocycles. The first-order valence-electron chi connectivity index (χ1n) is 9.39. The zero-order chi connectivity index (χ0) is 21.0. The minimum atomic E-state index is -4.52. The summed E-state index contributed by atoms with van der Waals surface area (Å²) in [4.78, 5) is 8.77. The van der Waals surface area contributed by atoms with Crippen LogP contribution in [-0.2, 0) is 17.5 Å². The van der Waals surface area contributed by atoms with Gasteiger partial charge in [-0.1, -0.05) is 30.3 Å². The number of benzene rings is 1. The number of halogens is 3. The number of aromatic nitrogens is 2. The van der Waals surface area contributed by atoms with Gasteiger partial charge in [-0.3, -0.25) is 0 Å². The van der Waals surface area contributed by atoms with E-state index < -0.39 is 11.7 Å². The number of hydrogen-bond acceptors (Lipinski definition) is 6. The van der Waals surface area contributed by atoms with E-state index in [1.807, 2.05) is 18.2 Å². The summed E-state index contributed by atoms with van der Waals surface area (Å²) in [5.41, 5.74) is 0.162. The molecule has 0 fully saturated rings. The zero-order valence-electron chi connectivity index (χ0n) is 15.9. The van der Waals surface area contributed by atoms with Crippen LogP contribution in [0.2, 0.25) is 0 Å². The average molecular weight is 432 g/mol. The van der Waals surface area contributed by atoms with E-state index in [-0.39, 0.29) is 12.3 Å². The van der Waals surface area contributed by atoms with Crippen LogP contribution < -0.4 is 10.0 Å². The minimum absolute atomic E-state index is 0.122. The van der Waals surface area contributed by atoms with E-state index in [1.165, 1.54) is 18.0 Å².